The van der Waals surface area contributed by atoms with E-state index in [1.807, 2.05) is 0 Å². The minimum Gasteiger partial charge on any atom is -0.466 e. The number of esters is 1. The molecular formula is C20H22O2. The Hall–Kier alpha value is -2.09. The molecule has 0 bridgehead atoms. The van der Waals surface area contributed by atoms with E-state index in [9.17, 15) is 4.79 Å². The maximum atomic E-state index is 11.0. The highest BCUT2D eigenvalue weighted by Crippen LogP contribution is 2.40. The van der Waals surface area contributed by atoms with Gasteiger partial charge in [-0.15, -0.1) is 0 Å². The molecule has 2 nitrogen and oxygen atoms in total. The van der Waals surface area contributed by atoms with Crippen LogP contribution in [0.15, 0.2) is 30.3 Å². The predicted molar refractivity (Wildman–Crippen MR) is 89.1 cm³/mol. The van der Waals surface area contributed by atoms with Crippen molar-refractivity contribution < 1.29 is 9.53 Å². The number of benzene rings is 2. The van der Waals surface area contributed by atoms with Crippen LogP contribution in [0.4, 0.5) is 0 Å². The van der Waals surface area contributed by atoms with Crippen molar-refractivity contribution in [3.63, 3.8) is 0 Å². The summed E-state index contributed by atoms with van der Waals surface area (Å²) in [5.74, 6) is -0.208. The molecule has 22 heavy (non-hydrogen) atoms. The number of hydrogen-bond donors (Lipinski definition) is 0. The van der Waals surface area contributed by atoms with E-state index in [0.717, 1.165) is 19.3 Å². The number of hydrogen-bond acceptors (Lipinski definition) is 2. The molecule has 2 heteroatoms. The molecule has 0 fully saturated rings. The summed E-state index contributed by atoms with van der Waals surface area (Å²) in [6, 6.07) is 11.0. The Balaban J connectivity index is 2.02. The SMILES string of the molecule is CCc1c(C)c(CCOC(C)=O)cc2c1Cc1ccccc1-2. The fourth-order valence-electron chi connectivity index (χ4n) is 3.57. The first kappa shape index (κ1) is 14.8. The van der Waals surface area contributed by atoms with Crippen molar-refractivity contribution in [2.45, 2.75) is 40.0 Å². The molecule has 1 aliphatic rings. The molecule has 0 aliphatic heterocycles. The topological polar surface area (TPSA) is 26.3 Å². The summed E-state index contributed by atoms with van der Waals surface area (Å²) in [5.41, 5.74) is 9.76. The van der Waals surface area contributed by atoms with Crippen LogP contribution in [-0.2, 0) is 28.8 Å². The fourth-order valence-corrected chi connectivity index (χ4v) is 3.57. The third-order valence-corrected chi connectivity index (χ3v) is 4.65. The zero-order valence-electron chi connectivity index (χ0n) is 13.5. The van der Waals surface area contributed by atoms with E-state index in [1.165, 1.54) is 45.9 Å². The van der Waals surface area contributed by atoms with E-state index < -0.39 is 0 Å². The summed E-state index contributed by atoms with van der Waals surface area (Å²) < 4.78 is 5.12. The van der Waals surface area contributed by atoms with E-state index in [4.69, 9.17) is 4.74 Å². The number of rotatable bonds is 4. The second-order valence-corrected chi connectivity index (χ2v) is 5.94. The van der Waals surface area contributed by atoms with E-state index >= 15 is 0 Å². The van der Waals surface area contributed by atoms with E-state index in [1.54, 1.807) is 0 Å². The lowest BCUT2D eigenvalue weighted by Crippen LogP contribution is -2.07. The summed E-state index contributed by atoms with van der Waals surface area (Å²) in [7, 11) is 0. The van der Waals surface area contributed by atoms with Gasteiger partial charge in [0.1, 0.15) is 0 Å². The minimum atomic E-state index is -0.208. The molecule has 0 saturated heterocycles. The number of fused-ring (bicyclic) bond motifs is 3. The normalized spacial score (nSPS) is 12.0. The molecule has 3 rings (SSSR count). The minimum absolute atomic E-state index is 0.208. The van der Waals surface area contributed by atoms with Gasteiger partial charge in [0, 0.05) is 13.3 Å². The van der Waals surface area contributed by atoms with E-state index in [2.05, 4.69) is 44.2 Å². The summed E-state index contributed by atoms with van der Waals surface area (Å²) in [4.78, 5) is 11.0. The number of carbonyl (C=O) groups is 1. The van der Waals surface area contributed by atoms with Gasteiger partial charge in [0.25, 0.3) is 0 Å². The molecule has 0 radical (unpaired) electrons. The van der Waals surface area contributed by atoms with Gasteiger partial charge < -0.3 is 4.74 Å². The quantitative estimate of drug-likeness (QED) is 0.673. The van der Waals surface area contributed by atoms with Gasteiger partial charge in [-0.25, -0.2) is 0 Å². The van der Waals surface area contributed by atoms with Gasteiger partial charge in [0.2, 0.25) is 0 Å². The van der Waals surface area contributed by atoms with Crippen molar-refractivity contribution in [2.75, 3.05) is 6.61 Å². The van der Waals surface area contributed by atoms with Crippen LogP contribution >= 0.6 is 0 Å². The maximum absolute atomic E-state index is 11.0. The van der Waals surface area contributed by atoms with Crippen LogP contribution < -0.4 is 0 Å². The molecule has 0 unspecified atom stereocenters. The second-order valence-electron chi connectivity index (χ2n) is 5.94. The number of ether oxygens (including phenoxy) is 1. The second kappa shape index (κ2) is 5.96. The van der Waals surface area contributed by atoms with Gasteiger partial charge in [0.15, 0.2) is 0 Å². The molecule has 0 heterocycles. The third-order valence-electron chi connectivity index (χ3n) is 4.65. The lowest BCUT2D eigenvalue weighted by Gasteiger charge is -2.16. The largest absolute Gasteiger partial charge is 0.466 e. The van der Waals surface area contributed by atoms with Crippen LogP contribution in [0.2, 0.25) is 0 Å². The standard InChI is InChI=1S/C20H22O2/c1-4-17-13(2)15(9-10-22-14(3)21)11-20-18-8-6-5-7-16(18)12-19(17)20/h5-8,11H,4,9-10,12H2,1-3H3. The lowest BCUT2D eigenvalue weighted by atomic mass is 9.90. The highest BCUT2D eigenvalue weighted by atomic mass is 16.5. The predicted octanol–water partition coefficient (Wildman–Crippen LogP) is 4.23. The first-order valence-corrected chi connectivity index (χ1v) is 7.97. The molecule has 2 aromatic rings. The molecule has 0 spiro atoms. The monoisotopic (exact) mass is 294 g/mol. The van der Waals surface area contributed by atoms with Crippen molar-refractivity contribution >= 4 is 5.97 Å². The summed E-state index contributed by atoms with van der Waals surface area (Å²) in [6.45, 7) is 6.34. The van der Waals surface area contributed by atoms with Crippen LogP contribution in [0.1, 0.15) is 41.7 Å². The van der Waals surface area contributed by atoms with Gasteiger partial charge in [-0.1, -0.05) is 37.3 Å². The third kappa shape index (κ3) is 2.54. The van der Waals surface area contributed by atoms with Crippen LogP contribution in [0.25, 0.3) is 11.1 Å². The maximum Gasteiger partial charge on any atom is 0.302 e. The highest BCUT2D eigenvalue weighted by Gasteiger charge is 2.23. The van der Waals surface area contributed by atoms with E-state index in [-0.39, 0.29) is 5.97 Å². The molecule has 2 aromatic carbocycles. The highest BCUT2D eigenvalue weighted by molar-refractivity contribution is 5.79. The molecular weight excluding hydrogens is 272 g/mol. The van der Waals surface area contributed by atoms with Crippen molar-refractivity contribution in [3.8, 4) is 11.1 Å². The zero-order chi connectivity index (χ0) is 15.7. The summed E-state index contributed by atoms with van der Waals surface area (Å²) in [5, 5.41) is 0. The fraction of sp³-hybridized carbons (Fsp3) is 0.350. The molecule has 1 aliphatic carbocycles. The lowest BCUT2D eigenvalue weighted by molar-refractivity contribution is -0.140. The molecule has 0 saturated carbocycles. The molecule has 0 N–H and O–H groups in total. The Bertz CT molecular complexity index is 729. The Morgan fingerprint density at radius 1 is 1.23 bits per heavy atom. The molecule has 0 aromatic heterocycles. The average molecular weight is 294 g/mol. The van der Waals surface area contributed by atoms with Gasteiger partial charge in [-0.3, -0.25) is 4.79 Å². The first-order valence-electron chi connectivity index (χ1n) is 7.97. The Kier molecular flexibility index (Phi) is 4.02. The van der Waals surface area contributed by atoms with Crippen molar-refractivity contribution in [1.29, 1.82) is 0 Å². The Labute approximate surface area is 132 Å². The van der Waals surface area contributed by atoms with Crippen LogP contribution in [0.5, 0.6) is 0 Å². The van der Waals surface area contributed by atoms with Crippen molar-refractivity contribution in [3.05, 3.63) is 58.1 Å². The van der Waals surface area contributed by atoms with Crippen LogP contribution in [0, 0.1) is 6.92 Å². The van der Waals surface area contributed by atoms with Gasteiger partial charge in [-0.05, 0) is 58.7 Å². The van der Waals surface area contributed by atoms with Crippen LogP contribution in [0.3, 0.4) is 0 Å². The van der Waals surface area contributed by atoms with Gasteiger partial charge in [0.05, 0.1) is 6.61 Å². The zero-order valence-corrected chi connectivity index (χ0v) is 13.5. The molecule has 114 valence electrons. The Morgan fingerprint density at radius 3 is 2.73 bits per heavy atom. The summed E-state index contributed by atoms with van der Waals surface area (Å²) >= 11 is 0. The average Bonchev–Trinajstić information content (AvgIpc) is 2.86. The van der Waals surface area contributed by atoms with Gasteiger partial charge >= 0.3 is 5.97 Å². The molecule has 0 atom stereocenters. The van der Waals surface area contributed by atoms with Crippen molar-refractivity contribution in [1.82, 2.24) is 0 Å². The summed E-state index contributed by atoms with van der Waals surface area (Å²) in [6.07, 6.45) is 2.87. The van der Waals surface area contributed by atoms with Crippen LogP contribution in [-0.4, -0.2) is 12.6 Å². The van der Waals surface area contributed by atoms with Gasteiger partial charge in [-0.2, -0.15) is 0 Å². The first-order chi connectivity index (χ1) is 10.6. The Morgan fingerprint density at radius 2 is 2.00 bits per heavy atom. The number of carbonyl (C=O) groups excluding carboxylic acids is 1. The van der Waals surface area contributed by atoms with E-state index in [0.29, 0.717) is 6.61 Å². The molecule has 0 amide bonds. The van der Waals surface area contributed by atoms with Crippen molar-refractivity contribution in [2.24, 2.45) is 0 Å². The smallest absolute Gasteiger partial charge is 0.302 e.